The maximum Gasteiger partial charge on any atom is 0.270 e. The number of ether oxygens (including phenoxy) is 2. The van der Waals surface area contributed by atoms with Gasteiger partial charge < -0.3 is 25.2 Å². The number of pyridine rings is 1. The van der Waals surface area contributed by atoms with Crippen LogP contribution in [0, 0.1) is 0 Å². The maximum absolute atomic E-state index is 12.0. The minimum absolute atomic E-state index is 0.00269. The van der Waals surface area contributed by atoms with E-state index in [1.54, 1.807) is 12.3 Å². The van der Waals surface area contributed by atoms with Crippen LogP contribution in [0.15, 0.2) is 36.5 Å². The van der Waals surface area contributed by atoms with Crippen LogP contribution in [0.5, 0.6) is 11.5 Å². The van der Waals surface area contributed by atoms with E-state index in [-0.39, 0.29) is 25.1 Å². The molecule has 1 amide bonds. The fourth-order valence-corrected chi connectivity index (χ4v) is 2.69. The molecule has 0 bridgehead atoms. The molecule has 1 aromatic heterocycles. The van der Waals surface area contributed by atoms with Crippen molar-refractivity contribution in [3.05, 3.63) is 47.8 Å². The molecule has 0 aliphatic carbocycles. The van der Waals surface area contributed by atoms with Crippen molar-refractivity contribution in [3.63, 3.8) is 0 Å². The van der Waals surface area contributed by atoms with Gasteiger partial charge in [-0.25, -0.2) is 0 Å². The standard InChI is InChI=1S/C19H23N3O4/c1-13(14-3-4-17-18(11-14)26-10-2-9-25-17)22-15-5-6-20-16(12-15)19(24)21-7-8-23/h3-6,11-13,23H,2,7-10H2,1H3,(H,20,22)(H,21,24)/t13-/m1/s1. The molecule has 0 saturated carbocycles. The zero-order chi connectivity index (χ0) is 18.4. The first-order valence-electron chi connectivity index (χ1n) is 8.68. The summed E-state index contributed by atoms with van der Waals surface area (Å²) in [6, 6.07) is 9.40. The van der Waals surface area contributed by atoms with E-state index in [2.05, 4.69) is 15.6 Å². The van der Waals surface area contributed by atoms with E-state index in [9.17, 15) is 4.79 Å². The van der Waals surface area contributed by atoms with Gasteiger partial charge in [-0.1, -0.05) is 6.07 Å². The Morgan fingerprint density at radius 2 is 2.04 bits per heavy atom. The molecule has 2 aromatic rings. The van der Waals surface area contributed by atoms with Gasteiger partial charge in [-0.3, -0.25) is 9.78 Å². The third-order valence-corrected chi connectivity index (χ3v) is 4.04. The van der Waals surface area contributed by atoms with Crippen molar-refractivity contribution in [1.29, 1.82) is 0 Å². The third kappa shape index (κ3) is 4.43. The number of nitrogens with one attached hydrogen (secondary N) is 2. The number of aliphatic hydroxyl groups is 1. The number of rotatable bonds is 6. The lowest BCUT2D eigenvalue weighted by molar-refractivity contribution is 0.0940. The Morgan fingerprint density at radius 3 is 2.85 bits per heavy atom. The Bertz CT molecular complexity index is 766. The van der Waals surface area contributed by atoms with Crippen LogP contribution < -0.4 is 20.1 Å². The summed E-state index contributed by atoms with van der Waals surface area (Å²) < 4.78 is 11.4. The molecule has 0 unspecified atom stereocenters. The van der Waals surface area contributed by atoms with E-state index >= 15 is 0 Å². The SMILES string of the molecule is C[C@@H](Nc1ccnc(C(=O)NCCO)c1)c1ccc2c(c1)OCCCO2. The minimum atomic E-state index is -0.314. The first-order valence-corrected chi connectivity index (χ1v) is 8.68. The van der Waals surface area contributed by atoms with Gasteiger partial charge in [0.2, 0.25) is 0 Å². The lowest BCUT2D eigenvalue weighted by atomic mass is 10.1. The second-order valence-electron chi connectivity index (χ2n) is 6.03. The number of carbonyl (C=O) groups is 1. The van der Waals surface area contributed by atoms with Gasteiger partial charge in [0, 0.05) is 30.9 Å². The van der Waals surface area contributed by atoms with Crippen molar-refractivity contribution in [2.24, 2.45) is 0 Å². The highest BCUT2D eigenvalue weighted by molar-refractivity contribution is 5.93. The first-order chi connectivity index (χ1) is 12.7. The molecule has 7 heteroatoms. The van der Waals surface area contributed by atoms with Gasteiger partial charge in [0.05, 0.1) is 19.8 Å². The smallest absolute Gasteiger partial charge is 0.270 e. The topological polar surface area (TPSA) is 92.7 Å². The highest BCUT2D eigenvalue weighted by atomic mass is 16.5. The second kappa shape index (κ2) is 8.53. The number of fused-ring (bicyclic) bond motifs is 1. The molecule has 26 heavy (non-hydrogen) atoms. The van der Waals surface area contributed by atoms with Crippen LogP contribution in [0.3, 0.4) is 0 Å². The summed E-state index contributed by atoms with van der Waals surface area (Å²) in [7, 11) is 0. The summed E-state index contributed by atoms with van der Waals surface area (Å²) in [6.45, 7) is 3.44. The van der Waals surface area contributed by atoms with E-state index in [0.717, 1.165) is 29.2 Å². The van der Waals surface area contributed by atoms with Gasteiger partial charge in [0.1, 0.15) is 5.69 Å². The van der Waals surface area contributed by atoms with Crippen LogP contribution in [-0.2, 0) is 0 Å². The second-order valence-corrected chi connectivity index (χ2v) is 6.03. The average Bonchev–Trinajstić information content (AvgIpc) is 2.91. The molecule has 1 aromatic carbocycles. The summed E-state index contributed by atoms with van der Waals surface area (Å²) in [5, 5.41) is 14.8. The number of nitrogens with zero attached hydrogens (tertiary/aromatic N) is 1. The van der Waals surface area contributed by atoms with Crippen LogP contribution in [0.25, 0.3) is 0 Å². The summed E-state index contributed by atoms with van der Waals surface area (Å²) in [4.78, 5) is 16.0. The molecule has 138 valence electrons. The zero-order valence-corrected chi connectivity index (χ0v) is 14.7. The quantitative estimate of drug-likeness (QED) is 0.733. The first kappa shape index (κ1) is 18.0. The molecule has 0 radical (unpaired) electrons. The van der Waals surface area contributed by atoms with Crippen molar-refractivity contribution in [2.75, 3.05) is 31.7 Å². The number of hydrogen-bond acceptors (Lipinski definition) is 6. The molecule has 0 fully saturated rings. The van der Waals surface area contributed by atoms with Crippen LogP contribution in [0.4, 0.5) is 5.69 Å². The Kier molecular flexibility index (Phi) is 5.91. The van der Waals surface area contributed by atoms with Gasteiger partial charge in [-0.15, -0.1) is 0 Å². The Morgan fingerprint density at radius 1 is 1.23 bits per heavy atom. The minimum Gasteiger partial charge on any atom is -0.490 e. The largest absolute Gasteiger partial charge is 0.490 e. The average molecular weight is 357 g/mol. The van der Waals surface area contributed by atoms with Crippen molar-refractivity contribution in [3.8, 4) is 11.5 Å². The van der Waals surface area contributed by atoms with Crippen molar-refractivity contribution in [2.45, 2.75) is 19.4 Å². The Balaban J connectivity index is 1.71. The summed E-state index contributed by atoms with van der Waals surface area (Å²) >= 11 is 0. The molecule has 1 atom stereocenters. The molecular weight excluding hydrogens is 334 g/mol. The maximum atomic E-state index is 12.0. The van der Waals surface area contributed by atoms with Crippen LogP contribution in [-0.4, -0.2) is 42.4 Å². The normalized spacial score (nSPS) is 14.2. The Hall–Kier alpha value is -2.80. The molecule has 1 aliphatic heterocycles. The third-order valence-electron chi connectivity index (χ3n) is 4.04. The molecule has 2 heterocycles. The van der Waals surface area contributed by atoms with E-state index in [1.165, 1.54) is 0 Å². The van der Waals surface area contributed by atoms with E-state index in [4.69, 9.17) is 14.6 Å². The Labute approximate surface area is 152 Å². The molecule has 0 spiro atoms. The van der Waals surface area contributed by atoms with Crippen LogP contribution >= 0.6 is 0 Å². The van der Waals surface area contributed by atoms with Crippen LogP contribution in [0.1, 0.15) is 35.4 Å². The molecular formula is C19H23N3O4. The predicted molar refractivity (Wildman–Crippen MR) is 97.7 cm³/mol. The molecule has 3 rings (SSSR count). The van der Waals surface area contributed by atoms with Crippen LogP contribution in [0.2, 0.25) is 0 Å². The van der Waals surface area contributed by atoms with Gasteiger partial charge in [0.25, 0.3) is 5.91 Å². The number of carbonyl (C=O) groups excluding carboxylic acids is 1. The highest BCUT2D eigenvalue weighted by Crippen LogP contribution is 2.33. The van der Waals surface area contributed by atoms with Gasteiger partial charge in [-0.2, -0.15) is 0 Å². The lowest BCUT2D eigenvalue weighted by Crippen LogP contribution is -2.27. The van der Waals surface area contributed by atoms with Crippen molar-refractivity contribution in [1.82, 2.24) is 10.3 Å². The number of hydrogen-bond donors (Lipinski definition) is 3. The molecule has 3 N–H and O–H groups in total. The molecule has 7 nitrogen and oxygen atoms in total. The van der Waals surface area contributed by atoms with Gasteiger partial charge in [-0.05, 0) is 36.8 Å². The zero-order valence-electron chi connectivity index (χ0n) is 14.7. The number of aliphatic hydroxyl groups excluding tert-OH is 1. The molecule has 0 saturated heterocycles. The fourth-order valence-electron chi connectivity index (χ4n) is 2.69. The van der Waals surface area contributed by atoms with Crippen molar-refractivity contribution >= 4 is 11.6 Å². The fraction of sp³-hybridized carbons (Fsp3) is 0.368. The number of aromatic nitrogens is 1. The number of amides is 1. The van der Waals surface area contributed by atoms with E-state index < -0.39 is 0 Å². The van der Waals surface area contributed by atoms with Gasteiger partial charge >= 0.3 is 0 Å². The molecule has 1 aliphatic rings. The summed E-state index contributed by atoms with van der Waals surface area (Å²) in [6.07, 6.45) is 2.45. The monoisotopic (exact) mass is 357 g/mol. The van der Waals surface area contributed by atoms with Crippen molar-refractivity contribution < 1.29 is 19.4 Å². The predicted octanol–water partition coefficient (Wildman–Crippen LogP) is 2.14. The number of benzene rings is 1. The van der Waals surface area contributed by atoms with E-state index in [0.29, 0.717) is 18.9 Å². The summed E-state index contributed by atoms with van der Waals surface area (Å²) in [5.41, 5.74) is 2.14. The number of anilines is 1. The lowest BCUT2D eigenvalue weighted by Gasteiger charge is -2.18. The van der Waals surface area contributed by atoms with E-state index in [1.807, 2.05) is 31.2 Å². The highest BCUT2D eigenvalue weighted by Gasteiger charge is 2.14. The summed E-state index contributed by atoms with van der Waals surface area (Å²) in [5.74, 6) is 1.21. The van der Waals surface area contributed by atoms with Gasteiger partial charge in [0.15, 0.2) is 11.5 Å².